The Labute approximate surface area is 88.1 Å². The summed E-state index contributed by atoms with van der Waals surface area (Å²) < 4.78 is 24.7. The van der Waals surface area contributed by atoms with Crippen LogP contribution in [0.15, 0.2) is 12.1 Å². The maximum Gasteiger partial charge on any atom is 0.337 e. The lowest BCUT2D eigenvalue weighted by Crippen LogP contribution is -2.04. The molecule has 0 fully saturated rings. The SMILES string of the molecule is O=C(O)c1c(Cl)cc(Cl)cc1C(F)F. The van der Waals surface area contributed by atoms with E-state index in [-0.39, 0.29) is 10.0 Å². The summed E-state index contributed by atoms with van der Waals surface area (Å²) in [6.07, 6.45) is -2.92. The third kappa shape index (κ3) is 2.13. The summed E-state index contributed by atoms with van der Waals surface area (Å²) in [6, 6.07) is 2.00. The summed E-state index contributed by atoms with van der Waals surface area (Å²) in [5, 5.41) is 8.32. The van der Waals surface area contributed by atoms with Crippen LogP contribution in [0, 0.1) is 0 Å². The number of carbonyl (C=O) groups is 1. The first kappa shape index (κ1) is 11.2. The zero-order chi connectivity index (χ0) is 10.9. The molecule has 0 spiro atoms. The van der Waals surface area contributed by atoms with Crippen LogP contribution in [0.25, 0.3) is 0 Å². The molecule has 0 aromatic heterocycles. The van der Waals surface area contributed by atoms with Gasteiger partial charge in [0.2, 0.25) is 0 Å². The maximum absolute atomic E-state index is 12.4. The van der Waals surface area contributed by atoms with Crippen LogP contribution in [-0.2, 0) is 0 Å². The average Bonchev–Trinajstić information content (AvgIpc) is 2.01. The van der Waals surface area contributed by atoms with E-state index in [0.29, 0.717) is 0 Å². The Morgan fingerprint density at radius 2 is 1.93 bits per heavy atom. The second-order valence-electron chi connectivity index (χ2n) is 2.46. The number of rotatable bonds is 2. The molecule has 1 aromatic rings. The van der Waals surface area contributed by atoms with Gasteiger partial charge in [0, 0.05) is 10.6 Å². The Kier molecular flexibility index (Phi) is 3.29. The summed E-state index contributed by atoms with van der Waals surface area (Å²) in [6.45, 7) is 0. The molecular weight excluding hydrogens is 237 g/mol. The predicted molar refractivity (Wildman–Crippen MR) is 48.4 cm³/mol. The van der Waals surface area contributed by atoms with Crippen molar-refractivity contribution in [2.75, 3.05) is 0 Å². The van der Waals surface area contributed by atoms with Crippen LogP contribution < -0.4 is 0 Å². The smallest absolute Gasteiger partial charge is 0.337 e. The molecule has 0 saturated heterocycles. The second kappa shape index (κ2) is 4.11. The van der Waals surface area contributed by atoms with E-state index in [0.717, 1.165) is 12.1 Å². The van der Waals surface area contributed by atoms with Crippen LogP contribution in [0.4, 0.5) is 8.78 Å². The standard InChI is InChI=1S/C8H4Cl2F2O2/c9-3-1-4(7(11)12)6(8(13)14)5(10)2-3/h1-2,7H,(H,13,14). The predicted octanol–water partition coefficient (Wildman–Crippen LogP) is 3.63. The zero-order valence-electron chi connectivity index (χ0n) is 6.60. The van der Waals surface area contributed by atoms with Crippen LogP contribution in [-0.4, -0.2) is 11.1 Å². The third-order valence-corrected chi connectivity index (χ3v) is 2.05. The molecular formula is C8H4Cl2F2O2. The summed E-state index contributed by atoms with van der Waals surface area (Å²) >= 11 is 10.9. The molecule has 1 rings (SSSR count). The fourth-order valence-electron chi connectivity index (χ4n) is 0.991. The molecule has 0 saturated carbocycles. The van der Waals surface area contributed by atoms with Gasteiger partial charge in [-0.2, -0.15) is 0 Å². The van der Waals surface area contributed by atoms with Crippen LogP contribution in [0.3, 0.4) is 0 Å². The third-order valence-electron chi connectivity index (χ3n) is 1.53. The zero-order valence-corrected chi connectivity index (χ0v) is 8.11. The van der Waals surface area contributed by atoms with Gasteiger partial charge in [-0.3, -0.25) is 0 Å². The van der Waals surface area contributed by atoms with Gasteiger partial charge in [0.25, 0.3) is 6.43 Å². The van der Waals surface area contributed by atoms with Crippen LogP contribution in [0.2, 0.25) is 10.0 Å². The van der Waals surface area contributed by atoms with E-state index < -0.39 is 23.5 Å². The average molecular weight is 241 g/mol. The molecule has 14 heavy (non-hydrogen) atoms. The Morgan fingerprint density at radius 3 is 2.36 bits per heavy atom. The summed E-state index contributed by atoms with van der Waals surface area (Å²) in [4.78, 5) is 10.6. The quantitative estimate of drug-likeness (QED) is 0.858. The minimum absolute atomic E-state index is 0.0182. The fraction of sp³-hybridized carbons (Fsp3) is 0.125. The summed E-state index contributed by atoms with van der Waals surface area (Å²) in [5.74, 6) is -1.50. The maximum atomic E-state index is 12.4. The van der Waals surface area contributed by atoms with Crippen molar-refractivity contribution in [2.45, 2.75) is 6.43 Å². The molecule has 0 heterocycles. The minimum atomic E-state index is -2.92. The van der Waals surface area contributed by atoms with E-state index >= 15 is 0 Å². The van der Waals surface area contributed by atoms with E-state index in [9.17, 15) is 13.6 Å². The van der Waals surface area contributed by atoms with Gasteiger partial charge in [-0.15, -0.1) is 0 Å². The highest BCUT2D eigenvalue weighted by molar-refractivity contribution is 6.36. The second-order valence-corrected chi connectivity index (χ2v) is 3.30. The highest BCUT2D eigenvalue weighted by atomic mass is 35.5. The number of carboxylic acids is 1. The van der Waals surface area contributed by atoms with Gasteiger partial charge in [-0.05, 0) is 12.1 Å². The van der Waals surface area contributed by atoms with Gasteiger partial charge in [0.1, 0.15) is 0 Å². The lowest BCUT2D eigenvalue weighted by Gasteiger charge is -2.07. The van der Waals surface area contributed by atoms with Crippen LogP contribution in [0.1, 0.15) is 22.3 Å². The summed E-state index contributed by atoms with van der Waals surface area (Å²) in [7, 11) is 0. The van der Waals surface area contributed by atoms with Crippen molar-refractivity contribution in [3.05, 3.63) is 33.3 Å². The lowest BCUT2D eigenvalue weighted by atomic mass is 10.1. The van der Waals surface area contributed by atoms with Gasteiger partial charge in [-0.1, -0.05) is 23.2 Å². The fourth-order valence-corrected chi connectivity index (χ4v) is 1.58. The first-order valence-corrected chi connectivity index (χ1v) is 4.19. The largest absolute Gasteiger partial charge is 0.478 e. The van der Waals surface area contributed by atoms with Gasteiger partial charge in [0.05, 0.1) is 10.6 Å². The molecule has 0 radical (unpaired) electrons. The molecule has 0 amide bonds. The Balaban J connectivity index is 3.44. The van der Waals surface area contributed by atoms with Crippen molar-refractivity contribution in [1.82, 2.24) is 0 Å². The van der Waals surface area contributed by atoms with Crippen molar-refractivity contribution < 1.29 is 18.7 Å². The van der Waals surface area contributed by atoms with Gasteiger partial charge >= 0.3 is 5.97 Å². The highest BCUT2D eigenvalue weighted by Gasteiger charge is 2.21. The normalized spacial score (nSPS) is 10.6. The van der Waals surface area contributed by atoms with E-state index in [2.05, 4.69) is 0 Å². The topological polar surface area (TPSA) is 37.3 Å². The van der Waals surface area contributed by atoms with Gasteiger partial charge in [-0.25, -0.2) is 13.6 Å². The number of carboxylic acid groups (broad SMARTS) is 1. The monoisotopic (exact) mass is 240 g/mol. The molecule has 1 N–H and O–H groups in total. The molecule has 0 aliphatic rings. The van der Waals surface area contributed by atoms with Crippen molar-refractivity contribution >= 4 is 29.2 Å². The molecule has 1 aromatic carbocycles. The summed E-state index contributed by atoms with van der Waals surface area (Å²) in [5.41, 5.74) is -1.28. The van der Waals surface area contributed by atoms with Crippen LogP contribution >= 0.6 is 23.2 Å². The number of halogens is 4. The molecule has 0 atom stereocenters. The Hall–Kier alpha value is -0.870. The van der Waals surface area contributed by atoms with E-state index in [1.54, 1.807) is 0 Å². The number of hydrogen-bond acceptors (Lipinski definition) is 1. The van der Waals surface area contributed by atoms with Crippen molar-refractivity contribution in [3.63, 3.8) is 0 Å². The number of benzene rings is 1. The molecule has 0 aliphatic heterocycles. The minimum Gasteiger partial charge on any atom is -0.478 e. The molecule has 2 nitrogen and oxygen atoms in total. The van der Waals surface area contributed by atoms with E-state index in [1.807, 2.05) is 0 Å². The van der Waals surface area contributed by atoms with Crippen molar-refractivity contribution in [1.29, 1.82) is 0 Å². The number of alkyl halides is 2. The highest BCUT2D eigenvalue weighted by Crippen LogP contribution is 2.31. The van der Waals surface area contributed by atoms with Gasteiger partial charge < -0.3 is 5.11 Å². The first-order valence-electron chi connectivity index (χ1n) is 3.44. The van der Waals surface area contributed by atoms with E-state index in [1.165, 1.54) is 0 Å². The molecule has 0 bridgehead atoms. The van der Waals surface area contributed by atoms with E-state index in [4.69, 9.17) is 28.3 Å². The Bertz CT molecular complexity index is 380. The molecule has 6 heteroatoms. The Morgan fingerprint density at radius 1 is 1.36 bits per heavy atom. The number of hydrogen-bond donors (Lipinski definition) is 1. The van der Waals surface area contributed by atoms with Crippen LogP contribution in [0.5, 0.6) is 0 Å². The van der Waals surface area contributed by atoms with Gasteiger partial charge in [0.15, 0.2) is 0 Å². The lowest BCUT2D eigenvalue weighted by molar-refractivity contribution is 0.0685. The molecule has 0 aliphatic carbocycles. The molecule has 76 valence electrons. The van der Waals surface area contributed by atoms with Crippen molar-refractivity contribution in [3.8, 4) is 0 Å². The first-order chi connectivity index (χ1) is 6.43. The number of aromatic carboxylic acids is 1. The van der Waals surface area contributed by atoms with Crippen molar-refractivity contribution in [2.24, 2.45) is 0 Å². The molecule has 0 unspecified atom stereocenters.